The minimum Gasteiger partial charge on any atom is -0.481 e. The molecule has 0 aliphatic rings. The Hall–Kier alpha value is -2.36. The number of carbonyl (C=O) groups is 1. The second-order valence-corrected chi connectivity index (χ2v) is 4.83. The molecule has 0 radical (unpaired) electrons. The highest BCUT2D eigenvalue weighted by molar-refractivity contribution is 5.77. The molecule has 0 bridgehead atoms. The SMILES string of the molecule is C[C@H](CNC(=O)COc1ccccc1F)c1ccccc1. The fraction of sp³-hybridized carbons (Fsp3) is 0.235. The lowest BCUT2D eigenvalue weighted by atomic mass is 10.0. The van der Waals surface area contributed by atoms with Crippen LogP contribution in [0.15, 0.2) is 54.6 Å². The van der Waals surface area contributed by atoms with Crippen molar-refractivity contribution < 1.29 is 13.9 Å². The molecule has 1 N–H and O–H groups in total. The highest BCUT2D eigenvalue weighted by Gasteiger charge is 2.09. The van der Waals surface area contributed by atoms with Crippen LogP contribution in [0.4, 0.5) is 4.39 Å². The lowest BCUT2D eigenvalue weighted by molar-refractivity contribution is -0.123. The quantitative estimate of drug-likeness (QED) is 0.886. The maximum absolute atomic E-state index is 13.3. The monoisotopic (exact) mass is 287 g/mol. The van der Waals surface area contributed by atoms with Gasteiger partial charge in [-0.3, -0.25) is 4.79 Å². The first kappa shape index (κ1) is 15.0. The van der Waals surface area contributed by atoms with Crippen LogP contribution < -0.4 is 10.1 Å². The van der Waals surface area contributed by atoms with Crippen molar-refractivity contribution in [1.82, 2.24) is 5.32 Å². The normalized spacial score (nSPS) is 11.7. The Kier molecular flexibility index (Phi) is 5.32. The Balaban J connectivity index is 1.76. The molecule has 0 heterocycles. The zero-order chi connectivity index (χ0) is 15.1. The molecule has 0 spiro atoms. The van der Waals surface area contributed by atoms with Crippen molar-refractivity contribution in [3.8, 4) is 5.75 Å². The first-order valence-electron chi connectivity index (χ1n) is 6.86. The highest BCUT2D eigenvalue weighted by Crippen LogP contribution is 2.15. The van der Waals surface area contributed by atoms with Gasteiger partial charge in [0.25, 0.3) is 5.91 Å². The number of nitrogens with one attached hydrogen (secondary N) is 1. The second-order valence-electron chi connectivity index (χ2n) is 4.83. The van der Waals surface area contributed by atoms with E-state index in [1.54, 1.807) is 12.1 Å². The summed E-state index contributed by atoms with van der Waals surface area (Å²) in [7, 11) is 0. The summed E-state index contributed by atoms with van der Waals surface area (Å²) in [6.07, 6.45) is 0. The van der Waals surface area contributed by atoms with Crippen LogP contribution in [0.3, 0.4) is 0 Å². The summed E-state index contributed by atoms with van der Waals surface area (Å²) in [5.41, 5.74) is 1.16. The van der Waals surface area contributed by atoms with Gasteiger partial charge in [0, 0.05) is 6.54 Å². The van der Waals surface area contributed by atoms with Crippen molar-refractivity contribution in [3.05, 3.63) is 66.0 Å². The van der Waals surface area contributed by atoms with Crippen molar-refractivity contribution in [2.24, 2.45) is 0 Å². The Morgan fingerprint density at radius 2 is 1.81 bits per heavy atom. The molecule has 0 saturated carbocycles. The summed E-state index contributed by atoms with van der Waals surface area (Å²) >= 11 is 0. The van der Waals surface area contributed by atoms with Crippen LogP contribution in [-0.2, 0) is 4.79 Å². The predicted molar refractivity (Wildman–Crippen MR) is 79.8 cm³/mol. The number of amides is 1. The number of benzene rings is 2. The number of carbonyl (C=O) groups excluding carboxylic acids is 1. The van der Waals surface area contributed by atoms with Crippen LogP contribution in [0.2, 0.25) is 0 Å². The van der Waals surface area contributed by atoms with E-state index in [1.165, 1.54) is 12.1 Å². The largest absolute Gasteiger partial charge is 0.481 e. The number of halogens is 1. The molecule has 2 rings (SSSR count). The van der Waals surface area contributed by atoms with Gasteiger partial charge in [0.15, 0.2) is 18.2 Å². The van der Waals surface area contributed by atoms with Crippen molar-refractivity contribution in [2.75, 3.05) is 13.2 Å². The molecule has 4 heteroatoms. The molecule has 0 aromatic heterocycles. The smallest absolute Gasteiger partial charge is 0.257 e. The molecule has 110 valence electrons. The number of ether oxygens (including phenoxy) is 1. The van der Waals surface area contributed by atoms with Crippen molar-refractivity contribution in [3.63, 3.8) is 0 Å². The van der Waals surface area contributed by atoms with Crippen LogP contribution in [0.5, 0.6) is 5.75 Å². The second kappa shape index (κ2) is 7.43. The Bertz CT molecular complexity index is 586. The third kappa shape index (κ3) is 4.60. The van der Waals surface area contributed by atoms with Crippen molar-refractivity contribution in [1.29, 1.82) is 0 Å². The molecule has 0 aliphatic heterocycles. The van der Waals surface area contributed by atoms with Crippen molar-refractivity contribution in [2.45, 2.75) is 12.8 Å². The topological polar surface area (TPSA) is 38.3 Å². The van der Waals surface area contributed by atoms with Gasteiger partial charge in [-0.05, 0) is 23.6 Å². The Morgan fingerprint density at radius 3 is 2.52 bits per heavy atom. The molecule has 1 amide bonds. The Labute approximate surface area is 123 Å². The van der Waals surface area contributed by atoms with E-state index >= 15 is 0 Å². The fourth-order valence-corrected chi connectivity index (χ4v) is 1.92. The van der Waals surface area contributed by atoms with Crippen LogP contribution in [0, 0.1) is 5.82 Å². The average Bonchev–Trinajstić information content (AvgIpc) is 2.52. The summed E-state index contributed by atoms with van der Waals surface area (Å²) in [6, 6.07) is 16.0. The average molecular weight is 287 g/mol. The van der Waals surface area contributed by atoms with E-state index in [2.05, 4.69) is 5.32 Å². The number of hydrogen-bond donors (Lipinski definition) is 1. The first-order valence-corrected chi connectivity index (χ1v) is 6.86. The lowest BCUT2D eigenvalue weighted by Crippen LogP contribution is -2.31. The maximum Gasteiger partial charge on any atom is 0.257 e. The van der Waals surface area contributed by atoms with Crippen LogP contribution >= 0.6 is 0 Å². The summed E-state index contributed by atoms with van der Waals surface area (Å²) in [6.45, 7) is 2.36. The van der Waals surface area contributed by atoms with Gasteiger partial charge in [-0.1, -0.05) is 49.4 Å². The summed E-state index contributed by atoms with van der Waals surface area (Å²) in [4.78, 5) is 11.7. The minimum atomic E-state index is -0.469. The number of hydrogen-bond acceptors (Lipinski definition) is 2. The van der Waals surface area contributed by atoms with Crippen LogP contribution in [0.25, 0.3) is 0 Å². The molecule has 0 fully saturated rings. The van der Waals surface area contributed by atoms with E-state index in [-0.39, 0.29) is 24.2 Å². The predicted octanol–water partition coefficient (Wildman–Crippen LogP) is 3.12. The molecule has 0 saturated heterocycles. The van der Waals surface area contributed by atoms with E-state index in [4.69, 9.17) is 4.74 Å². The van der Waals surface area contributed by atoms with Gasteiger partial charge in [0.05, 0.1) is 0 Å². The van der Waals surface area contributed by atoms with Gasteiger partial charge in [-0.15, -0.1) is 0 Å². The maximum atomic E-state index is 13.3. The van der Waals surface area contributed by atoms with Crippen molar-refractivity contribution >= 4 is 5.91 Å². The van der Waals surface area contributed by atoms with Gasteiger partial charge >= 0.3 is 0 Å². The van der Waals surface area contributed by atoms with Gasteiger partial charge in [-0.2, -0.15) is 0 Å². The molecule has 0 unspecified atom stereocenters. The summed E-state index contributed by atoms with van der Waals surface area (Å²) < 4.78 is 18.5. The standard InChI is InChI=1S/C17H18FNO2/c1-13(14-7-3-2-4-8-14)11-19-17(20)12-21-16-10-6-5-9-15(16)18/h2-10,13H,11-12H2,1H3,(H,19,20)/t13-/m1/s1. The summed E-state index contributed by atoms with van der Waals surface area (Å²) in [5, 5.41) is 2.78. The van der Waals surface area contributed by atoms with Gasteiger partial charge in [0.2, 0.25) is 0 Å². The molecule has 2 aromatic carbocycles. The van der Waals surface area contributed by atoms with Crippen LogP contribution in [0.1, 0.15) is 18.4 Å². The van der Waals surface area contributed by atoms with E-state index in [9.17, 15) is 9.18 Å². The van der Waals surface area contributed by atoms with Crippen LogP contribution in [-0.4, -0.2) is 19.1 Å². The van der Waals surface area contributed by atoms with E-state index in [1.807, 2.05) is 37.3 Å². The van der Waals surface area contributed by atoms with E-state index in [0.29, 0.717) is 6.54 Å². The van der Waals surface area contributed by atoms with E-state index < -0.39 is 5.82 Å². The fourth-order valence-electron chi connectivity index (χ4n) is 1.92. The first-order chi connectivity index (χ1) is 10.2. The van der Waals surface area contributed by atoms with E-state index in [0.717, 1.165) is 5.56 Å². The molecular formula is C17H18FNO2. The molecule has 21 heavy (non-hydrogen) atoms. The number of rotatable bonds is 6. The summed E-state index contributed by atoms with van der Waals surface area (Å²) in [5.74, 6) is -0.434. The third-order valence-corrected chi connectivity index (χ3v) is 3.17. The Morgan fingerprint density at radius 1 is 1.14 bits per heavy atom. The van der Waals surface area contributed by atoms with Gasteiger partial charge < -0.3 is 10.1 Å². The van der Waals surface area contributed by atoms with Gasteiger partial charge in [0.1, 0.15) is 0 Å². The zero-order valence-electron chi connectivity index (χ0n) is 11.9. The third-order valence-electron chi connectivity index (χ3n) is 3.17. The molecule has 3 nitrogen and oxygen atoms in total. The molecule has 1 atom stereocenters. The molecular weight excluding hydrogens is 269 g/mol. The highest BCUT2D eigenvalue weighted by atomic mass is 19.1. The molecule has 2 aromatic rings. The number of para-hydroxylation sites is 1. The molecule has 0 aliphatic carbocycles. The zero-order valence-corrected chi connectivity index (χ0v) is 11.9. The lowest BCUT2D eigenvalue weighted by Gasteiger charge is -2.13. The van der Waals surface area contributed by atoms with Gasteiger partial charge in [-0.25, -0.2) is 4.39 Å². The minimum absolute atomic E-state index is 0.0868.